The van der Waals surface area contributed by atoms with E-state index < -0.39 is 5.60 Å². The Hall–Kier alpha value is -1.56. The van der Waals surface area contributed by atoms with E-state index in [2.05, 4.69) is 9.97 Å². The van der Waals surface area contributed by atoms with Crippen molar-refractivity contribution in [2.24, 2.45) is 5.92 Å². The van der Waals surface area contributed by atoms with Crippen LogP contribution in [0, 0.1) is 5.92 Å². The van der Waals surface area contributed by atoms with Gasteiger partial charge in [0.1, 0.15) is 5.60 Å². The van der Waals surface area contributed by atoms with Gasteiger partial charge in [0.15, 0.2) is 0 Å². The highest BCUT2D eigenvalue weighted by molar-refractivity contribution is 6.30. The van der Waals surface area contributed by atoms with Crippen LogP contribution in [0.3, 0.4) is 0 Å². The van der Waals surface area contributed by atoms with Gasteiger partial charge in [0.25, 0.3) is 0 Å². The van der Waals surface area contributed by atoms with Crippen molar-refractivity contribution in [2.45, 2.75) is 39.2 Å². The molecule has 7 heteroatoms. The molecule has 2 heterocycles. The summed E-state index contributed by atoms with van der Waals surface area (Å²) in [6.45, 7) is 7.91. The van der Waals surface area contributed by atoms with Gasteiger partial charge >= 0.3 is 6.09 Å². The summed E-state index contributed by atoms with van der Waals surface area (Å²) in [4.78, 5) is 24.5. The number of likely N-dealkylation sites (tertiary alicyclic amines) is 1. The van der Waals surface area contributed by atoms with Crippen LogP contribution in [0.4, 0.5) is 10.7 Å². The lowest BCUT2D eigenvalue weighted by atomic mass is 9.98. The van der Waals surface area contributed by atoms with Crippen LogP contribution in [0.25, 0.3) is 0 Å². The van der Waals surface area contributed by atoms with Crippen molar-refractivity contribution in [3.8, 4) is 0 Å². The first kappa shape index (κ1) is 17.8. The van der Waals surface area contributed by atoms with Gasteiger partial charge in [-0.25, -0.2) is 14.8 Å². The van der Waals surface area contributed by atoms with Crippen LogP contribution in [-0.4, -0.2) is 53.2 Å². The molecule has 1 saturated heterocycles. The minimum atomic E-state index is -0.460. The molecule has 6 nitrogen and oxygen atoms in total. The Morgan fingerprint density at radius 1 is 1.43 bits per heavy atom. The number of hydrogen-bond acceptors (Lipinski definition) is 5. The molecule has 1 fully saturated rings. The Kier molecular flexibility index (Phi) is 5.68. The van der Waals surface area contributed by atoms with Crippen LogP contribution in [0.2, 0.25) is 5.02 Å². The highest BCUT2D eigenvalue weighted by Crippen LogP contribution is 2.21. The van der Waals surface area contributed by atoms with Gasteiger partial charge in [-0.05, 0) is 39.5 Å². The van der Waals surface area contributed by atoms with Gasteiger partial charge in [-0.2, -0.15) is 0 Å². The van der Waals surface area contributed by atoms with Gasteiger partial charge in [-0.15, -0.1) is 0 Å². The fourth-order valence-corrected chi connectivity index (χ4v) is 2.78. The van der Waals surface area contributed by atoms with Gasteiger partial charge in [0.2, 0.25) is 5.95 Å². The smallest absolute Gasteiger partial charge is 0.410 e. The SMILES string of the molecule is CN(CC1CCCN(C(=O)OC(C)(C)C)C1)c1ncc(Cl)cn1. The minimum absolute atomic E-state index is 0.229. The summed E-state index contributed by atoms with van der Waals surface area (Å²) in [6.07, 6.45) is 5.02. The number of halogens is 1. The van der Waals surface area contributed by atoms with Gasteiger partial charge in [-0.1, -0.05) is 11.6 Å². The molecule has 23 heavy (non-hydrogen) atoms. The van der Waals surface area contributed by atoms with Gasteiger partial charge in [-0.3, -0.25) is 0 Å². The fraction of sp³-hybridized carbons (Fsp3) is 0.688. The van der Waals surface area contributed by atoms with Crippen LogP contribution in [0.15, 0.2) is 12.4 Å². The largest absolute Gasteiger partial charge is 0.444 e. The molecule has 2 rings (SSSR count). The van der Waals surface area contributed by atoms with E-state index in [-0.39, 0.29) is 6.09 Å². The molecule has 1 atom stereocenters. The number of carbonyl (C=O) groups is 1. The summed E-state index contributed by atoms with van der Waals surface area (Å²) in [5.74, 6) is 1.02. The summed E-state index contributed by atoms with van der Waals surface area (Å²) in [5, 5.41) is 0.524. The topological polar surface area (TPSA) is 58.6 Å². The summed E-state index contributed by atoms with van der Waals surface area (Å²) in [6, 6.07) is 0. The number of carbonyl (C=O) groups excluding carboxylic acids is 1. The monoisotopic (exact) mass is 340 g/mol. The van der Waals surface area contributed by atoms with Crippen molar-refractivity contribution in [1.29, 1.82) is 0 Å². The zero-order valence-corrected chi connectivity index (χ0v) is 15.0. The number of rotatable bonds is 3. The lowest BCUT2D eigenvalue weighted by Gasteiger charge is -2.35. The fourth-order valence-electron chi connectivity index (χ4n) is 2.68. The van der Waals surface area contributed by atoms with E-state index in [0.717, 1.165) is 25.9 Å². The van der Waals surface area contributed by atoms with Gasteiger partial charge < -0.3 is 14.5 Å². The van der Waals surface area contributed by atoms with Gasteiger partial charge in [0, 0.05) is 26.7 Å². The third-order valence-electron chi connectivity index (χ3n) is 3.65. The van der Waals surface area contributed by atoms with Crippen molar-refractivity contribution in [1.82, 2.24) is 14.9 Å². The normalized spacial score (nSPS) is 18.7. The third-order valence-corrected chi connectivity index (χ3v) is 3.85. The number of ether oxygens (including phenoxy) is 1. The Morgan fingerprint density at radius 2 is 2.09 bits per heavy atom. The lowest BCUT2D eigenvalue weighted by molar-refractivity contribution is 0.0170. The average molecular weight is 341 g/mol. The molecule has 128 valence electrons. The standard InChI is InChI=1S/C16H25ClN4O2/c1-16(2,3)23-15(22)21-7-5-6-12(11-21)10-20(4)14-18-8-13(17)9-19-14/h8-9,12H,5-7,10-11H2,1-4H3. The quantitative estimate of drug-likeness (QED) is 0.845. The summed E-state index contributed by atoms with van der Waals surface area (Å²) in [5.41, 5.74) is -0.460. The molecule has 0 aromatic carbocycles. The second kappa shape index (κ2) is 7.34. The molecule has 0 N–H and O–H groups in total. The number of nitrogens with zero attached hydrogens (tertiary/aromatic N) is 4. The van der Waals surface area contributed by atoms with Crippen LogP contribution in [-0.2, 0) is 4.74 Å². The number of aromatic nitrogens is 2. The van der Waals surface area contributed by atoms with Gasteiger partial charge in [0.05, 0.1) is 17.4 Å². The summed E-state index contributed by atoms with van der Waals surface area (Å²) < 4.78 is 5.46. The first-order valence-electron chi connectivity index (χ1n) is 7.91. The van der Waals surface area contributed by atoms with E-state index in [1.165, 1.54) is 0 Å². The molecule has 1 unspecified atom stereocenters. The minimum Gasteiger partial charge on any atom is -0.444 e. The first-order valence-corrected chi connectivity index (χ1v) is 8.29. The molecule has 1 aliphatic rings. The van der Waals surface area contributed by atoms with Crippen molar-refractivity contribution >= 4 is 23.6 Å². The van der Waals surface area contributed by atoms with E-state index >= 15 is 0 Å². The lowest BCUT2D eigenvalue weighted by Crippen LogP contribution is -2.45. The number of anilines is 1. The molecule has 1 aromatic rings. The van der Waals surface area contributed by atoms with E-state index in [0.29, 0.717) is 23.4 Å². The second-order valence-electron chi connectivity index (χ2n) is 7.02. The second-order valence-corrected chi connectivity index (χ2v) is 7.45. The molecule has 0 spiro atoms. The number of piperidine rings is 1. The molecule has 0 saturated carbocycles. The number of hydrogen-bond donors (Lipinski definition) is 0. The first-order chi connectivity index (χ1) is 10.7. The predicted molar refractivity (Wildman–Crippen MR) is 90.8 cm³/mol. The molecule has 0 bridgehead atoms. The Bertz CT molecular complexity index is 530. The van der Waals surface area contributed by atoms with Crippen LogP contribution < -0.4 is 4.90 Å². The zero-order chi connectivity index (χ0) is 17.0. The maximum Gasteiger partial charge on any atom is 0.410 e. The highest BCUT2D eigenvalue weighted by Gasteiger charge is 2.28. The number of amides is 1. The molecule has 0 radical (unpaired) electrons. The van der Waals surface area contributed by atoms with Crippen molar-refractivity contribution < 1.29 is 9.53 Å². The molecule has 1 amide bonds. The molecule has 1 aliphatic heterocycles. The molecule has 0 aliphatic carbocycles. The Balaban J connectivity index is 1.90. The van der Waals surface area contributed by atoms with E-state index in [1.807, 2.05) is 32.7 Å². The zero-order valence-electron chi connectivity index (χ0n) is 14.3. The van der Waals surface area contributed by atoms with Crippen LogP contribution in [0.5, 0.6) is 0 Å². The molecular weight excluding hydrogens is 316 g/mol. The Morgan fingerprint density at radius 3 is 2.70 bits per heavy atom. The Labute approximate surface area is 142 Å². The van der Waals surface area contributed by atoms with Crippen molar-refractivity contribution in [3.05, 3.63) is 17.4 Å². The van der Waals surface area contributed by atoms with Crippen LogP contribution in [0.1, 0.15) is 33.6 Å². The maximum absolute atomic E-state index is 12.2. The van der Waals surface area contributed by atoms with Crippen molar-refractivity contribution in [2.75, 3.05) is 31.6 Å². The van der Waals surface area contributed by atoms with Crippen LogP contribution >= 0.6 is 11.6 Å². The van der Waals surface area contributed by atoms with E-state index in [9.17, 15) is 4.79 Å². The molecular formula is C16H25ClN4O2. The average Bonchev–Trinajstić information content (AvgIpc) is 2.46. The third kappa shape index (κ3) is 5.53. The maximum atomic E-state index is 12.2. The molecule has 1 aromatic heterocycles. The van der Waals surface area contributed by atoms with E-state index in [1.54, 1.807) is 17.3 Å². The predicted octanol–water partition coefficient (Wildman–Crippen LogP) is 3.21. The van der Waals surface area contributed by atoms with Crippen molar-refractivity contribution in [3.63, 3.8) is 0 Å². The summed E-state index contributed by atoms with van der Waals surface area (Å²) in [7, 11) is 1.95. The highest BCUT2D eigenvalue weighted by atomic mass is 35.5. The summed E-state index contributed by atoms with van der Waals surface area (Å²) >= 11 is 5.81. The van der Waals surface area contributed by atoms with E-state index in [4.69, 9.17) is 16.3 Å².